The van der Waals surface area contributed by atoms with Gasteiger partial charge in [0.25, 0.3) is 0 Å². The number of nitrogens with two attached hydrogens (primary N) is 1. The van der Waals surface area contributed by atoms with E-state index < -0.39 is 0 Å². The molecule has 2 unspecified atom stereocenters. The fraction of sp³-hybridized carbons (Fsp3) is 0.562. The van der Waals surface area contributed by atoms with Gasteiger partial charge in [-0.25, -0.2) is 4.99 Å². The molecule has 1 aromatic carbocycles. The number of nitrogens with zero attached hydrogens (tertiary/aromatic N) is 1. The van der Waals surface area contributed by atoms with Crippen LogP contribution in [0.1, 0.15) is 37.7 Å². The standard InChI is InChI=1S/C16H23N3/c17-16(18-14-8-4-5-9-14)19-15-11-13(15)10-12-6-2-1-3-7-12/h1-3,6-7,13-15H,4-5,8-11H2,(H3,17,18,19). The van der Waals surface area contributed by atoms with Gasteiger partial charge < -0.3 is 11.1 Å². The van der Waals surface area contributed by atoms with Gasteiger partial charge in [0.2, 0.25) is 0 Å². The van der Waals surface area contributed by atoms with E-state index in [1.807, 2.05) is 0 Å². The van der Waals surface area contributed by atoms with Crippen molar-refractivity contribution < 1.29 is 0 Å². The number of aliphatic imine (C=N–C) groups is 1. The molecule has 3 N–H and O–H groups in total. The molecule has 102 valence electrons. The molecule has 0 amide bonds. The molecule has 0 bridgehead atoms. The second-order valence-corrected chi connectivity index (χ2v) is 5.89. The van der Waals surface area contributed by atoms with Crippen LogP contribution < -0.4 is 11.1 Å². The molecule has 2 aliphatic carbocycles. The van der Waals surface area contributed by atoms with E-state index in [0.717, 1.165) is 6.42 Å². The van der Waals surface area contributed by atoms with Crippen molar-refractivity contribution in [3.63, 3.8) is 0 Å². The third-order valence-electron chi connectivity index (χ3n) is 4.24. The zero-order valence-electron chi connectivity index (χ0n) is 11.4. The molecule has 3 rings (SSSR count). The number of hydrogen-bond acceptors (Lipinski definition) is 1. The summed E-state index contributed by atoms with van der Waals surface area (Å²) in [7, 11) is 0. The molecule has 2 aliphatic rings. The minimum atomic E-state index is 0.439. The Morgan fingerprint density at radius 1 is 1.21 bits per heavy atom. The average molecular weight is 257 g/mol. The Hall–Kier alpha value is -1.51. The van der Waals surface area contributed by atoms with Gasteiger partial charge >= 0.3 is 0 Å². The predicted molar refractivity (Wildman–Crippen MR) is 79.1 cm³/mol. The molecule has 2 saturated carbocycles. The highest BCUT2D eigenvalue weighted by molar-refractivity contribution is 5.78. The first-order chi connectivity index (χ1) is 9.31. The van der Waals surface area contributed by atoms with E-state index in [1.165, 1.54) is 37.7 Å². The quantitative estimate of drug-likeness (QED) is 0.643. The average Bonchev–Trinajstić information content (AvgIpc) is 2.91. The highest BCUT2D eigenvalue weighted by atomic mass is 15.1. The number of hydrogen-bond donors (Lipinski definition) is 2. The molecular formula is C16H23N3. The maximum atomic E-state index is 5.99. The van der Waals surface area contributed by atoms with Gasteiger partial charge in [-0.1, -0.05) is 43.2 Å². The molecule has 19 heavy (non-hydrogen) atoms. The summed E-state index contributed by atoms with van der Waals surface area (Å²) >= 11 is 0. The summed E-state index contributed by atoms with van der Waals surface area (Å²) in [6.45, 7) is 0. The van der Waals surface area contributed by atoms with Crippen molar-refractivity contribution in [2.75, 3.05) is 0 Å². The number of rotatable bonds is 4. The van der Waals surface area contributed by atoms with Gasteiger partial charge in [-0.15, -0.1) is 0 Å². The minimum Gasteiger partial charge on any atom is -0.370 e. The fourth-order valence-corrected chi connectivity index (χ4v) is 3.02. The smallest absolute Gasteiger partial charge is 0.189 e. The second kappa shape index (κ2) is 5.64. The van der Waals surface area contributed by atoms with Crippen molar-refractivity contribution in [3.05, 3.63) is 35.9 Å². The van der Waals surface area contributed by atoms with Crippen molar-refractivity contribution in [1.29, 1.82) is 0 Å². The van der Waals surface area contributed by atoms with E-state index in [9.17, 15) is 0 Å². The molecule has 0 aliphatic heterocycles. The maximum Gasteiger partial charge on any atom is 0.189 e. The van der Waals surface area contributed by atoms with Crippen LogP contribution in [-0.2, 0) is 6.42 Å². The fourth-order valence-electron chi connectivity index (χ4n) is 3.02. The Morgan fingerprint density at radius 3 is 2.68 bits per heavy atom. The zero-order chi connectivity index (χ0) is 13.1. The SMILES string of the molecule is NC(=NC1CC1Cc1ccccc1)NC1CCCC1. The van der Waals surface area contributed by atoms with Gasteiger partial charge in [-0.3, -0.25) is 0 Å². The van der Waals surface area contributed by atoms with Crippen LogP contribution in [0.4, 0.5) is 0 Å². The van der Waals surface area contributed by atoms with Crippen LogP contribution in [0.25, 0.3) is 0 Å². The molecule has 0 radical (unpaired) electrons. The summed E-state index contributed by atoms with van der Waals surface area (Å²) in [5, 5.41) is 3.36. The lowest BCUT2D eigenvalue weighted by molar-refractivity contribution is 0.624. The first kappa shape index (κ1) is 12.5. The molecule has 2 fully saturated rings. The van der Waals surface area contributed by atoms with Crippen molar-refractivity contribution in [2.24, 2.45) is 16.6 Å². The normalized spacial score (nSPS) is 27.5. The van der Waals surface area contributed by atoms with Crippen LogP contribution in [0.15, 0.2) is 35.3 Å². The lowest BCUT2D eigenvalue weighted by Crippen LogP contribution is -2.38. The highest BCUT2D eigenvalue weighted by Crippen LogP contribution is 2.36. The lowest BCUT2D eigenvalue weighted by atomic mass is 10.1. The topological polar surface area (TPSA) is 50.4 Å². The molecule has 0 aromatic heterocycles. The van der Waals surface area contributed by atoms with E-state index in [1.54, 1.807) is 0 Å². The van der Waals surface area contributed by atoms with Crippen molar-refractivity contribution >= 4 is 5.96 Å². The Bertz CT molecular complexity index is 435. The van der Waals surface area contributed by atoms with Crippen LogP contribution in [0.3, 0.4) is 0 Å². The molecule has 0 heterocycles. The second-order valence-electron chi connectivity index (χ2n) is 5.89. The Balaban J connectivity index is 1.46. The third kappa shape index (κ3) is 3.49. The largest absolute Gasteiger partial charge is 0.370 e. The van der Waals surface area contributed by atoms with E-state index in [0.29, 0.717) is 24.0 Å². The summed E-state index contributed by atoms with van der Waals surface area (Å²) in [4.78, 5) is 4.61. The van der Waals surface area contributed by atoms with Crippen LogP contribution >= 0.6 is 0 Å². The first-order valence-electron chi connectivity index (χ1n) is 7.45. The van der Waals surface area contributed by atoms with E-state index in [2.05, 4.69) is 40.6 Å². The Morgan fingerprint density at radius 2 is 1.95 bits per heavy atom. The van der Waals surface area contributed by atoms with Crippen molar-refractivity contribution in [3.8, 4) is 0 Å². The summed E-state index contributed by atoms with van der Waals surface area (Å²) in [5.74, 6) is 1.35. The molecule has 3 heteroatoms. The molecule has 1 aromatic rings. The summed E-state index contributed by atoms with van der Waals surface area (Å²) in [6.07, 6.45) is 7.45. The van der Waals surface area contributed by atoms with Gasteiger partial charge in [-0.2, -0.15) is 0 Å². The van der Waals surface area contributed by atoms with Crippen molar-refractivity contribution in [1.82, 2.24) is 5.32 Å². The van der Waals surface area contributed by atoms with Crippen LogP contribution in [0.5, 0.6) is 0 Å². The molecular weight excluding hydrogens is 234 g/mol. The number of guanidine groups is 1. The third-order valence-corrected chi connectivity index (χ3v) is 4.24. The first-order valence-corrected chi connectivity index (χ1v) is 7.45. The number of benzene rings is 1. The summed E-state index contributed by atoms with van der Waals surface area (Å²) in [6, 6.07) is 11.7. The van der Waals surface area contributed by atoms with Gasteiger partial charge in [0.15, 0.2) is 5.96 Å². The summed E-state index contributed by atoms with van der Waals surface area (Å²) in [5.41, 5.74) is 7.40. The van der Waals surface area contributed by atoms with Crippen LogP contribution in [-0.4, -0.2) is 18.0 Å². The van der Waals surface area contributed by atoms with Crippen LogP contribution in [0.2, 0.25) is 0 Å². The molecule has 3 nitrogen and oxygen atoms in total. The molecule has 0 spiro atoms. The van der Waals surface area contributed by atoms with E-state index in [-0.39, 0.29) is 0 Å². The zero-order valence-corrected chi connectivity index (χ0v) is 11.4. The monoisotopic (exact) mass is 257 g/mol. The summed E-state index contributed by atoms with van der Waals surface area (Å²) < 4.78 is 0. The Labute approximate surface area is 115 Å². The minimum absolute atomic E-state index is 0.439. The van der Waals surface area contributed by atoms with Gasteiger partial charge in [-0.05, 0) is 37.2 Å². The lowest BCUT2D eigenvalue weighted by Gasteiger charge is -2.12. The highest BCUT2D eigenvalue weighted by Gasteiger charge is 2.37. The maximum absolute atomic E-state index is 5.99. The predicted octanol–water partition coefficient (Wildman–Crippen LogP) is 2.46. The molecule has 0 saturated heterocycles. The molecule has 2 atom stereocenters. The van der Waals surface area contributed by atoms with Gasteiger partial charge in [0, 0.05) is 6.04 Å². The van der Waals surface area contributed by atoms with Gasteiger partial charge in [0.05, 0.1) is 6.04 Å². The van der Waals surface area contributed by atoms with Crippen LogP contribution in [0, 0.1) is 5.92 Å². The number of nitrogens with one attached hydrogen (secondary N) is 1. The van der Waals surface area contributed by atoms with Gasteiger partial charge in [0.1, 0.15) is 0 Å². The van der Waals surface area contributed by atoms with E-state index >= 15 is 0 Å². The Kier molecular flexibility index (Phi) is 3.72. The van der Waals surface area contributed by atoms with E-state index in [4.69, 9.17) is 5.73 Å². The van der Waals surface area contributed by atoms with Crippen molar-refractivity contribution in [2.45, 2.75) is 50.6 Å².